The molecule has 1 saturated heterocycles. The van der Waals surface area contributed by atoms with Crippen molar-refractivity contribution < 1.29 is 4.74 Å². The molecule has 2 atom stereocenters. The predicted octanol–water partition coefficient (Wildman–Crippen LogP) is 1.99. The zero-order valence-electron chi connectivity index (χ0n) is 12.9. The summed E-state index contributed by atoms with van der Waals surface area (Å²) in [4.78, 5) is 15.2. The summed E-state index contributed by atoms with van der Waals surface area (Å²) in [5.74, 6) is 1.69. The monoisotopic (exact) mass is 299 g/mol. The number of anilines is 1. The van der Waals surface area contributed by atoms with E-state index in [9.17, 15) is 0 Å². The Bertz CT molecular complexity index is 606. The van der Waals surface area contributed by atoms with Crippen LogP contribution in [0.25, 0.3) is 0 Å². The van der Waals surface area contributed by atoms with Crippen molar-refractivity contribution in [1.29, 1.82) is 0 Å². The smallest absolute Gasteiger partial charge is 0.225 e. The van der Waals surface area contributed by atoms with Crippen LogP contribution in [0.2, 0.25) is 0 Å². The summed E-state index contributed by atoms with van der Waals surface area (Å²) in [5, 5.41) is 3.33. The second-order valence-corrected chi connectivity index (χ2v) is 5.56. The highest BCUT2D eigenvalue weighted by Crippen LogP contribution is 2.35. The molecule has 0 saturated carbocycles. The van der Waals surface area contributed by atoms with Crippen molar-refractivity contribution in [1.82, 2.24) is 19.9 Å². The van der Waals surface area contributed by atoms with Gasteiger partial charge in [-0.1, -0.05) is 6.07 Å². The van der Waals surface area contributed by atoms with Crippen molar-refractivity contribution in [2.45, 2.75) is 12.5 Å². The minimum atomic E-state index is 0.381. The minimum absolute atomic E-state index is 0.381. The topological polar surface area (TPSA) is 63.2 Å². The highest BCUT2D eigenvalue weighted by molar-refractivity contribution is 5.28. The Morgan fingerprint density at radius 1 is 1.36 bits per heavy atom. The zero-order valence-corrected chi connectivity index (χ0v) is 12.9. The highest BCUT2D eigenvalue weighted by atomic mass is 16.5. The molecule has 0 amide bonds. The number of nitrogens with zero attached hydrogens (tertiary/aromatic N) is 4. The fourth-order valence-electron chi connectivity index (χ4n) is 3.08. The number of nitrogens with one attached hydrogen (secondary N) is 1. The van der Waals surface area contributed by atoms with Gasteiger partial charge in [0, 0.05) is 37.2 Å². The van der Waals surface area contributed by atoms with E-state index in [4.69, 9.17) is 4.74 Å². The largest absolute Gasteiger partial charge is 0.481 e. The average molecular weight is 299 g/mol. The summed E-state index contributed by atoms with van der Waals surface area (Å²) < 4.78 is 5.13. The van der Waals surface area contributed by atoms with E-state index in [1.165, 1.54) is 5.56 Å². The van der Waals surface area contributed by atoms with Crippen molar-refractivity contribution in [3.8, 4) is 5.88 Å². The fraction of sp³-hybridized carbons (Fsp3) is 0.438. The number of pyridine rings is 1. The van der Waals surface area contributed by atoms with E-state index in [0.29, 0.717) is 23.8 Å². The number of methoxy groups -OCH3 is 1. The number of hydrogen-bond donors (Lipinski definition) is 1. The lowest BCUT2D eigenvalue weighted by molar-refractivity contribution is 0.281. The van der Waals surface area contributed by atoms with Gasteiger partial charge in [0.15, 0.2) is 0 Å². The van der Waals surface area contributed by atoms with Crippen molar-refractivity contribution in [3.05, 3.63) is 42.4 Å². The van der Waals surface area contributed by atoms with Crippen LogP contribution in [0.4, 0.5) is 5.95 Å². The van der Waals surface area contributed by atoms with Crippen molar-refractivity contribution in [2.24, 2.45) is 5.92 Å². The molecule has 1 N–H and O–H groups in total. The Kier molecular flexibility index (Phi) is 4.48. The molecule has 0 aliphatic carbocycles. The molecule has 0 unspecified atom stereocenters. The molecule has 0 aromatic carbocycles. The van der Waals surface area contributed by atoms with E-state index in [0.717, 1.165) is 19.5 Å². The lowest BCUT2D eigenvalue weighted by Crippen LogP contribution is -2.25. The maximum atomic E-state index is 5.13. The number of ether oxygens (including phenoxy) is 1. The van der Waals surface area contributed by atoms with Gasteiger partial charge in [0.1, 0.15) is 0 Å². The number of hydrogen-bond acceptors (Lipinski definition) is 6. The third-order valence-electron chi connectivity index (χ3n) is 4.16. The fourth-order valence-corrected chi connectivity index (χ4v) is 3.08. The zero-order chi connectivity index (χ0) is 15.4. The molecule has 22 heavy (non-hydrogen) atoms. The molecular formula is C16H21N5O. The average Bonchev–Trinajstić information content (AvgIpc) is 2.94. The molecule has 2 aromatic rings. The van der Waals surface area contributed by atoms with Crippen molar-refractivity contribution in [2.75, 3.05) is 32.6 Å². The molecule has 0 spiro atoms. The Morgan fingerprint density at radius 3 is 3.05 bits per heavy atom. The first-order valence-corrected chi connectivity index (χ1v) is 7.49. The molecule has 1 aliphatic rings. The van der Waals surface area contributed by atoms with Gasteiger partial charge in [0.05, 0.1) is 7.11 Å². The molecule has 6 heteroatoms. The molecule has 6 nitrogen and oxygen atoms in total. The standard InChI is InChI=1S/C16H21N5O/c1-21-9-6-13(15(21)12-4-3-7-17-10-12)11-19-16-18-8-5-14(20-16)22-2/h3-5,7-8,10,13,15H,6,9,11H2,1-2H3,(H,18,19,20)/t13-,15-/m0/s1. The van der Waals surface area contributed by atoms with Crippen molar-refractivity contribution >= 4 is 5.95 Å². The molecule has 3 heterocycles. The SMILES string of the molecule is COc1ccnc(NC[C@@H]2CCN(C)[C@H]2c2cccnc2)n1. The van der Waals surface area contributed by atoms with E-state index in [1.54, 1.807) is 19.4 Å². The Hall–Kier alpha value is -2.21. The molecule has 3 rings (SSSR count). The molecular weight excluding hydrogens is 278 g/mol. The van der Waals surface area contributed by atoms with Gasteiger partial charge in [-0.15, -0.1) is 0 Å². The van der Waals surface area contributed by atoms with Gasteiger partial charge in [-0.3, -0.25) is 9.88 Å². The Balaban J connectivity index is 1.68. The Labute approximate surface area is 130 Å². The van der Waals surface area contributed by atoms with Gasteiger partial charge in [-0.05, 0) is 37.6 Å². The van der Waals surface area contributed by atoms with Crippen LogP contribution in [-0.4, -0.2) is 47.1 Å². The molecule has 116 valence electrons. The molecule has 1 aliphatic heterocycles. The van der Waals surface area contributed by atoms with Crippen LogP contribution < -0.4 is 10.1 Å². The summed E-state index contributed by atoms with van der Waals surface area (Å²) in [6.07, 6.45) is 6.62. The summed E-state index contributed by atoms with van der Waals surface area (Å²) in [7, 11) is 3.77. The second kappa shape index (κ2) is 6.70. The minimum Gasteiger partial charge on any atom is -0.481 e. The van der Waals surface area contributed by atoms with Gasteiger partial charge >= 0.3 is 0 Å². The lowest BCUT2D eigenvalue weighted by Gasteiger charge is -2.25. The van der Waals surface area contributed by atoms with Crippen LogP contribution in [0.5, 0.6) is 5.88 Å². The summed E-state index contributed by atoms with van der Waals surface area (Å²) in [6.45, 7) is 1.92. The van der Waals surface area contributed by atoms with Crippen LogP contribution in [0.3, 0.4) is 0 Å². The van der Waals surface area contributed by atoms with Crippen LogP contribution in [0.1, 0.15) is 18.0 Å². The summed E-state index contributed by atoms with van der Waals surface area (Å²) in [6, 6.07) is 6.27. The maximum absolute atomic E-state index is 5.13. The van der Waals surface area contributed by atoms with Crippen molar-refractivity contribution in [3.63, 3.8) is 0 Å². The summed E-state index contributed by atoms with van der Waals surface area (Å²) in [5.41, 5.74) is 1.26. The third kappa shape index (κ3) is 3.17. The molecule has 1 fully saturated rings. The first kappa shape index (κ1) is 14.7. The van der Waals surface area contributed by atoms with Gasteiger partial charge in [0.25, 0.3) is 0 Å². The third-order valence-corrected chi connectivity index (χ3v) is 4.16. The van der Waals surface area contributed by atoms with Gasteiger partial charge in [-0.2, -0.15) is 4.98 Å². The predicted molar refractivity (Wildman–Crippen MR) is 84.8 cm³/mol. The number of rotatable bonds is 5. The van der Waals surface area contributed by atoms with Gasteiger partial charge < -0.3 is 10.1 Å². The second-order valence-electron chi connectivity index (χ2n) is 5.56. The van der Waals surface area contributed by atoms with E-state index in [-0.39, 0.29) is 0 Å². The normalized spacial score (nSPS) is 21.7. The van der Waals surface area contributed by atoms with Crippen LogP contribution in [0, 0.1) is 5.92 Å². The maximum Gasteiger partial charge on any atom is 0.225 e. The molecule has 2 aromatic heterocycles. The van der Waals surface area contributed by atoms with E-state index in [1.807, 2.05) is 18.5 Å². The summed E-state index contributed by atoms with van der Waals surface area (Å²) >= 11 is 0. The first-order chi connectivity index (χ1) is 10.8. The highest BCUT2D eigenvalue weighted by Gasteiger charge is 2.32. The Morgan fingerprint density at radius 2 is 2.27 bits per heavy atom. The van der Waals surface area contributed by atoms with Crippen LogP contribution in [0.15, 0.2) is 36.8 Å². The van der Waals surface area contributed by atoms with Crippen LogP contribution in [-0.2, 0) is 0 Å². The van der Waals surface area contributed by atoms with Gasteiger partial charge in [0.2, 0.25) is 11.8 Å². The first-order valence-electron chi connectivity index (χ1n) is 7.49. The van der Waals surface area contributed by atoms with Crippen LogP contribution >= 0.6 is 0 Å². The van der Waals surface area contributed by atoms with E-state index in [2.05, 4.69) is 38.3 Å². The van der Waals surface area contributed by atoms with E-state index >= 15 is 0 Å². The van der Waals surface area contributed by atoms with E-state index < -0.39 is 0 Å². The number of aromatic nitrogens is 3. The lowest BCUT2D eigenvalue weighted by atomic mass is 9.95. The molecule has 0 radical (unpaired) electrons. The molecule has 0 bridgehead atoms. The quantitative estimate of drug-likeness (QED) is 0.911. The number of likely N-dealkylation sites (tertiary alicyclic amines) is 1. The van der Waals surface area contributed by atoms with Gasteiger partial charge in [-0.25, -0.2) is 4.98 Å².